The van der Waals surface area contributed by atoms with Gasteiger partial charge in [-0.2, -0.15) is 0 Å². The van der Waals surface area contributed by atoms with Crippen molar-refractivity contribution in [1.82, 2.24) is 0 Å². The van der Waals surface area contributed by atoms with Crippen LogP contribution in [0, 0.1) is 17.8 Å². The number of carbonyl (C=O) groups is 1. The molecule has 0 aliphatic carbocycles. The Bertz CT molecular complexity index is 293. The largest absolute Gasteiger partial charge is 0.480 e. The summed E-state index contributed by atoms with van der Waals surface area (Å²) in [6, 6.07) is 0. The summed E-state index contributed by atoms with van der Waals surface area (Å²) in [6.07, 6.45) is -0.240. The molecule has 1 unspecified atom stereocenters. The molecule has 0 amide bonds. The molecule has 80 valence electrons. The van der Waals surface area contributed by atoms with E-state index in [1.807, 2.05) is 0 Å². The molecule has 0 saturated carbocycles. The second kappa shape index (κ2) is 5.82. The van der Waals surface area contributed by atoms with Crippen molar-refractivity contribution in [2.24, 2.45) is 5.92 Å². The topological polar surface area (TPSA) is 72.8 Å². The molecule has 0 radical (unpaired) electrons. The number of aliphatic carboxylic acids is 1. The highest BCUT2D eigenvalue weighted by Crippen LogP contribution is 2.47. The van der Waals surface area contributed by atoms with Crippen LogP contribution in [0.1, 0.15) is 6.92 Å². The molecule has 0 aromatic heterocycles. The van der Waals surface area contributed by atoms with Crippen LogP contribution in [0.25, 0.3) is 0 Å². The Morgan fingerprint density at radius 1 is 1.50 bits per heavy atom. The van der Waals surface area contributed by atoms with Gasteiger partial charge < -0.3 is 14.2 Å². The van der Waals surface area contributed by atoms with Gasteiger partial charge in [0, 0.05) is 14.2 Å². The van der Waals surface area contributed by atoms with Crippen LogP contribution in [-0.4, -0.2) is 31.5 Å². The Hall–Kier alpha value is -0.820. The van der Waals surface area contributed by atoms with Gasteiger partial charge in [-0.1, -0.05) is 5.92 Å². The first-order chi connectivity index (χ1) is 6.49. The van der Waals surface area contributed by atoms with Gasteiger partial charge in [0.1, 0.15) is 5.92 Å². The summed E-state index contributed by atoms with van der Waals surface area (Å²) in [5.74, 6) is 2.73. The maximum Gasteiger partial charge on any atom is 0.331 e. The van der Waals surface area contributed by atoms with Crippen LogP contribution in [-0.2, 0) is 18.4 Å². The molecule has 0 heterocycles. The molecule has 14 heavy (non-hydrogen) atoms. The first kappa shape index (κ1) is 13.2. The summed E-state index contributed by atoms with van der Waals surface area (Å²) >= 11 is 0. The highest BCUT2D eigenvalue weighted by Gasteiger charge is 2.29. The van der Waals surface area contributed by atoms with Crippen LogP contribution in [0.3, 0.4) is 0 Å². The summed E-state index contributed by atoms with van der Waals surface area (Å²) in [7, 11) is -0.882. The van der Waals surface area contributed by atoms with Gasteiger partial charge >= 0.3 is 13.6 Å². The van der Waals surface area contributed by atoms with Gasteiger partial charge in [0.15, 0.2) is 0 Å². The molecule has 5 nitrogen and oxygen atoms in total. The summed E-state index contributed by atoms with van der Waals surface area (Å²) < 4.78 is 20.8. The smallest absolute Gasteiger partial charge is 0.331 e. The van der Waals surface area contributed by atoms with Crippen molar-refractivity contribution in [2.75, 3.05) is 20.4 Å². The lowest BCUT2D eigenvalue weighted by Gasteiger charge is -2.14. The molecule has 0 fully saturated rings. The fourth-order valence-corrected chi connectivity index (χ4v) is 1.95. The first-order valence-electron chi connectivity index (χ1n) is 3.84. The maximum absolute atomic E-state index is 11.6. The summed E-state index contributed by atoms with van der Waals surface area (Å²) in [4.78, 5) is 10.7. The third-order valence-corrected chi connectivity index (χ3v) is 3.50. The normalized spacial score (nSPS) is 12.8. The van der Waals surface area contributed by atoms with Crippen molar-refractivity contribution in [3.05, 3.63) is 0 Å². The molecule has 0 bridgehead atoms. The average molecular weight is 220 g/mol. The lowest BCUT2D eigenvalue weighted by Crippen LogP contribution is -2.17. The van der Waals surface area contributed by atoms with E-state index in [2.05, 4.69) is 20.9 Å². The Morgan fingerprint density at radius 3 is 2.29 bits per heavy atom. The van der Waals surface area contributed by atoms with E-state index in [0.717, 1.165) is 0 Å². The van der Waals surface area contributed by atoms with Crippen molar-refractivity contribution < 1.29 is 23.5 Å². The van der Waals surface area contributed by atoms with E-state index < -0.39 is 19.5 Å². The lowest BCUT2D eigenvalue weighted by molar-refractivity contribution is -0.139. The predicted octanol–water partition coefficient (Wildman–Crippen LogP) is 1.20. The van der Waals surface area contributed by atoms with Crippen molar-refractivity contribution in [3.8, 4) is 11.8 Å². The molecule has 0 aromatic carbocycles. The molecule has 0 aromatic rings. The van der Waals surface area contributed by atoms with Crippen molar-refractivity contribution in [1.29, 1.82) is 0 Å². The highest BCUT2D eigenvalue weighted by atomic mass is 31.2. The molecule has 0 saturated heterocycles. The molecule has 0 aliphatic rings. The number of hydrogen-bond donors (Lipinski definition) is 1. The van der Waals surface area contributed by atoms with E-state index in [9.17, 15) is 9.36 Å². The van der Waals surface area contributed by atoms with E-state index in [4.69, 9.17) is 5.11 Å². The molecule has 6 heteroatoms. The number of rotatable bonds is 5. The second-order valence-corrected chi connectivity index (χ2v) is 4.76. The minimum absolute atomic E-state index is 0.240. The van der Waals surface area contributed by atoms with Crippen molar-refractivity contribution in [3.63, 3.8) is 0 Å². The second-order valence-electron chi connectivity index (χ2n) is 2.44. The molecule has 1 atom stereocenters. The molecule has 0 aliphatic heterocycles. The number of hydrogen-bond acceptors (Lipinski definition) is 4. The van der Waals surface area contributed by atoms with Gasteiger partial charge in [-0.25, -0.2) is 0 Å². The summed E-state index contributed by atoms with van der Waals surface area (Å²) in [5, 5.41) is 8.72. The van der Waals surface area contributed by atoms with Gasteiger partial charge in [-0.3, -0.25) is 9.36 Å². The van der Waals surface area contributed by atoms with Gasteiger partial charge in [0.2, 0.25) is 0 Å². The van der Waals surface area contributed by atoms with Gasteiger partial charge in [-0.15, -0.1) is 5.92 Å². The Morgan fingerprint density at radius 2 is 2.00 bits per heavy atom. The zero-order valence-corrected chi connectivity index (χ0v) is 9.21. The molecule has 1 N–H and O–H groups in total. The van der Waals surface area contributed by atoms with Crippen LogP contribution in [0.5, 0.6) is 0 Å². The first-order valence-corrected chi connectivity index (χ1v) is 5.57. The number of carboxylic acids is 1. The van der Waals surface area contributed by atoms with Gasteiger partial charge in [-0.05, 0) is 6.92 Å². The van der Waals surface area contributed by atoms with E-state index in [1.54, 1.807) is 0 Å². The Balaban J connectivity index is 4.64. The quantitative estimate of drug-likeness (QED) is 0.556. The van der Waals surface area contributed by atoms with Crippen LogP contribution in [0.15, 0.2) is 0 Å². The SMILES string of the molecule is CC#CC(CP(=O)(OC)OC)C(=O)O. The van der Waals surface area contributed by atoms with E-state index in [0.29, 0.717) is 0 Å². The van der Waals surface area contributed by atoms with Crippen molar-refractivity contribution in [2.45, 2.75) is 6.92 Å². The summed E-state index contributed by atoms with van der Waals surface area (Å²) in [5.41, 5.74) is 0. The predicted molar refractivity (Wildman–Crippen MR) is 51.1 cm³/mol. The monoisotopic (exact) mass is 220 g/mol. The van der Waals surface area contributed by atoms with Crippen molar-refractivity contribution >= 4 is 13.6 Å². The average Bonchev–Trinajstić information content (AvgIpc) is 2.17. The van der Waals surface area contributed by atoms with E-state index >= 15 is 0 Å². The minimum atomic E-state index is -3.30. The zero-order chi connectivity index (χ0) is 11.2. The third-order valence-electron chi connectivity index (χ3n) is 1.58. The lowest BCUT2D eigenvalue weighted by atomic mass is 10.2. The molecular weight excluding hydrogens is 207 g/mol. The van der Waals surface area contributed by atoms with Gasteiger partial charge in [0.05, 0.1) is 6.16 Å². The standard InChI is InChI=1S/C8H13O5P/c1-4-5-7(8(9)10)6-14(11,12-2)13-3/h7H,6H2,1-3H3,(H,9,10). The third kappa shape index (κ3) is 3.93. The molecular formula is C8H13O5P. The van der Waals surface area contributed by atoms with Crippen LogP contribution in [0.2, 0.25) is 0 Å². The Kier molecular flexibility index (Phi) is 5.47. The zero-order valence-electron chi connectivity index (χ0n) is 8.31. The fraction of sp³-hybridized carbons (Fsp3) is 0.625. The van der Waals surface area contributed by atoms with Crippen LogP contribution in [0.4, 0.5) is 0 Å². The molecule has 0 spiro atoms. The molecule has 0 rings (SSSR count). The van der Waals surface area contributed by atoms with Crippen LogP contribution < -0.4 is 0 Å². The van der Waals surface area contributed by atoms with E-state index in [1.165, 1.54) is 21.1 Å². The minimum Gasteiger partial charge on any atom is -0.480 e. The van der Waals surface area contributed by atoms with Gasteiger partial charge in [0.25, 0.3) is 0 Å². The van der Waals surface area contributed by atoms with E-state index in [-0.39, 0.29) is 6.16 Å². The number of carboxylic acid groups (broad SMARTS) is 1. The Labute approximate surface area is 82.9 Å². The fourth-order valence-electron chi connectivity index (χ4n) is 0.807. The maximum atomic E-state index is 11.6. The van der Waals surface area contributed by atoms with Crippen LogP contribution >= 0.6 is 7.60 Å². The highest BCUT2D eigenvalue weighted by molar-refractivity contribution is 7.53. The summed E-state index contributed by atoms with van der Waals surface area (Å²) in [6.45, 7) is 1.51.